The van der Waals surface area contributed by atoms with E-state index in [-0.39, 0.29) is 29.7 Å². The quantitative estimate of drug-likeness (QED) is 0.849. The minimum atomic E-state index is -0.320. The molecule has 0 spiro atoms. The Morgan fingerprint density at radius 2 is 2.00 bits per heavy atom. The number of aromatic nitrogens is 3. The summed E-state index contributed by atoms with van der Waals surface area (Å²) in [5.74, 6) is 0.192. The van der Waals surface area contributed by atoms with E-state index in [2.05, 4.69) is 10.1 Å². The van der Waals surface area contributed by atoms with Crippen molar-refractivity contribution in [2.45, 2.75) is 32.9 Å². The number of aryl methyl sites for hydroxylation is 1. The maximum Gasteiger partial charge on any atom is 0.293 e. The number of carbonyl (C=O) groups is 1. The first-order valence-corrected chi connectivity index (χ1v) is 7.58. The number of halogens is 1. The second-order valence-electron chi connectivity index (χ2n) is 5.82. The predicted octanol–water partition coefficient (Wildman–Crippen LogP) is 1.96. The minimum Gasteiger partial charge on any atom is -0.375 e. The molecule has 3 rings (SSSR count). The summed E-state index contributed by atoms with van der Waals surface area (Å²) in [6.07, 6.45) is -0.00423. The Morgan fingerprint density at radius 1 is 1.30 bits per heavy atom. The van der Waals surface area contributed by atoms with Crippen LogP contribution in [0.1, 0.15) is 30.3 Å². The lowest BCUT2D eigenvalue weighted by Gasteiger charge is -2.36. The van der Waals surface area contributed by atoms with Gasteiger partial charge in [0.1, 0.15) is 11.6 Å². The summed E-state index contributed by atoms with van der Waals surface area (Å²) in [4.78, 5) is 18.7. The monoisotopic (exact) mass is 318 g/mol. The first kappa shape index (κ1) is 15.6. The van der Waals surface area contributed by atoms with Crippen LogP contribution in [0.5, 0.6) is 0 Å². The lowest BCUT2D eigenvalue weighted by atomic mass is 10.2. The zero-order chi connectivity index (χ0) is 16.6. The number of hydrogen-bond donors (Lipinski definition) is 0. The average molecular weight is 318 g/mol. The molecule has 1 aromatic carbocycles. The van der Waals surface area contributed by atoms with Crippen molar-refractivity contribution >= 4 is 5.91 Å². The summed E-state index contributed by atoms with van der Waals surface area (Å²) in [6.45, 7) is 6.66. The Bertz CT molecular complexity index is 713. The molecule has 2 heterocycles. The van der Waals surface area contributed by atoms with Crippen LogP contribution < -0.4 is 0 Å². The SMILES string of the molecule is Cc1nc(C(=O)N2C[C@H](C)OC[C@H]2C)nn1-c1ccc(F)cc1. The number of hydrogen-bond acceptors (Lipinski definition) is 4. The molecule has 122 valence electrons. The van der Waals surface area contributed by atoms with Crippen molar-refractivity contribution in [3.8, 4) is 5.69 Å². The Morgan fingerprint density at radius 3 is 2.70 bits per heavy atom. The molecule has 1 aliphatic rings. The molecule has 0 radical (unpaired) electrons. The second-order valence-corrected chi connectivity index (χ2v) is 5.82. The van der Waals surface area contributed by atoms with Crippen LogP contribution in [0.2, 0.25) is 0 Å². The molecular weight excluding hydrogens is 299 g/mol. The highest BCUT2D eigenvalue weighted by Crippen LogP contribution is 2.16. The highest BCUT2D eigenvalue weighted by atomic mass is 19.1. The van der Waals surface area contributed by atoms with Gasteiger partial charge in [-0.05, 0) is 45.0 Å². The van der Waals surface area contributed by atoms with Gasteiger partial charge in [0, 0.05) is 6.54 Å². The van der Waals surface area contributed by atoms with Crippen LogP contribution in [-0.4, -0.2) is 50.9 Å². The molecule has 2 atom stereocenters. The summed E-state index contributed by atoms with van der Waals surface area (Å²) < 4.78 is 20.1. The highest BCUT2D eigenvalue weighted by molar-refractivity contribution is 5.90. The molecule has 1 aromatic heterocycles. The molecule has 0 aliphatic carbocycles. The zero-order valence-corrected chi connectivity index (χ0v) is 13.4. The van der Waals surface area contributed by atoms with E-state index in [0.29, 0.717) is 24.7 Å². The van der Waals surface area contributed by atoms with Gasteiger partial charge in [-0.25, -0.2) is 14.1 Å². The number of nitrogens with zero attached hydrogens (tertiary/aromatic N) is 4. The lowest BCUT2D eigenvalue weighted by molar-refractivity contribution is -0.0391. The number of benzene rings is 1. The summed E-state index contributed by atoms with van der Waals surface area (Å²) >= 11 is 0. The largest absolute Gasteiger partial charge is 0.375 e. The maximum atomic E-state index is 13.0. The Kier molecular flexibility index (Phi) is 4.12. The third kappa shape index (κ3) is 3.10. The molecule has 6 nitrogen and oxygen atoms in total. The normalized spacial score (nSPS) is 21.5. The molecule has 7 heteroatoms. The van der Waals surface area contributed by atoms with Crippen molar-refractivity contribution in [2.24, 2.45) is 0 Å². The number of ether oxygens (including phenoxy) is 1. The van der Waals surface area contributed by atoms with Crippen LogP contribution in [0.15, 0.2) is 24.3 Å². The summed E-state index contributed by atoms with van der Waals surface area (Å²) in [5, 5.41) is 4.30. The lowest BCUT2D eigenvalue weighted by Crippen LogP contribution is -2.50. The van der Waals surface area contributed by atoms with Gasteiger partial charge in [-0.3, -0.25) is 4.79 Å². The second kappa shape index (κ2) is 6.08. The fraction of sp³-hybridized carbons (Fsp3) is 0.438. The summed E-state index contributed by atoms with van der Waals surface area (Å²) in [6, 6.07) is 5.89. The van der Waals surface area contributed by atoms with Crippen LogP contribution in [0.25, 0.3) is 5.69 Å². The van der Waals surface area contributed by atoms with Gasteiger partial charge in [0.25, 0.3) is 5.91 Å². The van der Waals surface area contributed by atoms with Gasteiger partial charge in [0.15, 0.2) is 0 Å². The smallest absolute Gasteiger partial charge is 0.293 e. The van der Waals surface area contributed by atoms with E-state index in [9.17, 15) is 9.18 Å². The van der Waals surface area contributed by atoms with Gasteiger partial charge in [-0.15, -0.1) is 5.10 Å². The van der Waals surface area contributed by atoms with Crippen molar-refractivity contribution in [3.05, 3.63) is 41.7 Å². The molecule has 1 saturated heterocycles. The van der Waals surface area contributed by atoms with Crippen molar-refractivity contribution < 1.29 is 13.9 Å². The van der Waals surface area contributed by atoms with Gasteiger partial charge in [0.05, 0.1) is 24.4 Å². The number of morpholine rings is 1. The van der Waals surface area contributed by atoms with E-state index >= 15 is 0 Å². The molecule has 1 amide bonds. The Balaban J connectivity index is 1.88. The molecule has 0 saturated carbocycles. The van der Waals surface area contributed by atoms with E-state index < -0.39 is 0 Å². The van der Waals surface area contributed by atoms with Crippen molar-refractivity contribution in [3.63, 3.8) is 0 Å². The van der Waals surface area contributed by atoms with Crippen molar-refractivity contribution in [1.29, 1.82) is 0 Å². The van der Waals surface area contributed by atoms with Gasteiger partial charge in [0.2, 0.25) is 5.82 Å². The van der Waals surface area contributed by atoms with Gasteiger partial charge in [-0.2, -0.15) is 0 Å². The van der Waals surface area contributed by atoms with E-state index in [1.807, 2.05) is 13.8 Å². The molecule has 1 aliphatic heterocycles. The molecule has 2 aromatic rings. The van der Waals surface area contributed by atoms with Crippen molar-refractivity contribution in [1.82, 2.24) is 19.7 Å². The van der Waals surface area contributed by atoms with Crippen LogP contribution >= 0.6 is 0 Å². The fourth-order valence-electron chi connectivity index (χ4n) is 2.62. The Labute approximate surface area is 133 Å². The fourth-order valence-corrected chi connectivity index (χ4v) is 2.62. The first-order chi connectivity index (χ1) is 11.0. The van der Waals surface area contributed by atoms with E-state index in [4.69, 9.17) is 4.74 Å². The van der Waals surface area contributed by atoms with Crippen LogP contribution in [0.3, 0.4) is 0 Å². The molecular formula is C16H19FN4O2. The first-order valence-electron chi connectivity index (χ1n) is 7.58. The van der Waals surface area contributed by atoms with Crippen molar-refractivity contribution in [2.75, 3.05) is 13.2 Å². The third-order valence-electron chi connectivity index (χ3n) is 3.90. The van der Waals surface area contributed by atoms with E-state index in [0.717, 1.165) is 0 Å². The summed E-state index contributed by atoms with van der Waals surface area (Å²) in [5.41, 5.74) is 0.666. The average Bonchev–Trinajstić information content (AvgIpc) is 2.92. The molecule has 0 unspecified atom stereocenters. The van der Waals surface area contributed by atoms with Gasteiger partial charge in [-0.1, -0.05) is 0 Å². The van der Waals surface area contributed by atoms with E-state index in [1.54, 1.807) is 28.6 Å². The summed E-state index contributed by atoms with van der Waals surface area (Å²) in [7, 11) is 0. The molecule has 0 bridgehead atoms. The predicted molar refractivity (Wildman–Crippen MR) is 82.0 cm³/mol. The van der Waals surface area contributed by atoms with Gasteiger partial charge >= 0.3 is 0 Å². The standard InChI is InChI=1S/C16H19FN4O2/c1-10-9-23-11(2)8-20(10)16(22)15-18-12(3)21(19-15)14-6-4-13(17)5-7-14/h4-7,10-11H,8-9H2,1-3H3/t10-,11+/m1/s1. The molecule has 1 fully saturated rings. The number of carbonyl (C=O) groups excluding carboxylic acids is 1. The van der Waals surface area contributed by atoms with Crippen LogP contribution in [-0.2, 0) is 4.74 Å². The van der Waals surface area contributed by atoms with Crippen LogP contribution in [0.4, 0.5) is 4.39 Å². The minimum absolute atomic E-state index is 0.00423. The number of amides is 1. The Hall–Kier alpha value is -2.28. The number of rotatable bonds is 2. The molecule has 0 N–H and O–H groups in total. The molecule has 23 heavy (non-hydrogen) atoms. The highest BCUT2D eigenvalue weighted by Gasteiger charge is 2.30. The third-order valence-corrected chi connectivity index (χ3v) is 3.90. The van der Waals surface area contributed by atoms with Gasteiger partial charge < -0.3 is 9.64 Å². The maximum absolute atomic E-state index is 13.0. The zero-order valence-electron chi connectivity index (χ0n) is 13.4. The van der Waals surface area contributed by atoms with E-state index in [1.165, 1.54) is 12.1 Å². The van der Waals surface area contributed by atoms with Crippen LogP contribution in [0, 0.1) is 12.7 Å². The topological polar surface area (TPSA) is 60.3 Å².